The third kappa shape index (κ3) is 9.90. The first-order valence-electron chi connectivity index (χ1n) is 13.4. The van der Waals surface area contributed by atoms with Gasteiger partial charge in [-0.3, -0.25) is 9.59 Å². The number of rotatable bonds is 12. The van der Waals surface area contributed by atoms with Crippen LogP contribution in [0.4, 0.5) is 4.79 Å². The van der Waals surface area contributed by atoms with Crippen LogP contribution in [0.3, 0.4) is 0 Å². The van der Waals surface area contributed by atoms with Gasteiger partial charge in [-0.2, -0.15) is 0 Å². The standard InChI is InChI=1S/C30H43N3O6/c1-7-8-15-31-27(36)26(24-14-9-20(2)18-21(24)3)33(16-17-34)28(37)25(32-29(38)39-30(4,5)6)19-22-10-12-23(35)13-11-22/h9-14,18,25-26,34-35H,7-8,15-17,19H2,1-6H3,(H,31,36)(H,32,38). The largest absolute Gasteiger partial charge is 0.508 e. The zero-order chi connectivity index (χ0) is 29.2. The highest BCUT2D eigenvalue weighted by atomic mass is 16.6. The van der Waals surface area contributed by atoms with Crippen molar-refractivity contribution < 1.29 is 29.3 Å². The Balaban J connectivity index is 2.53. The van der Waals surface area contributed by atoms with Gasteiger partial charge in [0.25, 0.3) is 0 Å². The van der Waals surface area contributed by atoms with E-state index in [1.165, 1.54) is 17.0 Å². The maximum atomic E-state index is 14.1. The van der Waals surface area contributed by atoms with Crippen molar-refractivity contribution in [3.05, 3.63) is 64.7 Å². The Morgan fingerprint density at radius 3 is 2.28 bits per heavy atom. The maximum absolute atomic E-state index is 14.1. The fraction of sp³-hybridized carbons (Fsp3) is 0.500. The average molecular weight is 542 g/mol. The van der Waals surface area contributed by atoms with E-state index < -0.39 is 29.7 Å². The molecule has 2 unspecified atom stereocenters. The molecule has 9 nitrogen and oxygen atoms in total. The molecule has 0 heterocycles. The van der Waals surface area contributed by atoms with Crippen molar-refractivity contribution in [2.24, 2.45) is 0 Å². The molecule has 2 aromatic carbocycles. The van der Waals surface area contributed by atoms with Crippen LogP contribution in [0.25, 0.3) is 0 Å². The van der Waals surface area contributed by atoms with Crippen molar-refractivity contribution in [2.75, 3.05) is 19.7 Å². The van der Waals surface area contributed by atoms with Crippen molar-refractivity contribution in [2.45, 2.75) is 78.5 Å². The molecule has 0 saturated heterocycles. The highest BCUT2D eigenvalue weighted by Crippen LogP contribution is 2.27. The number of carbonyl (C=O) groups excluding carboxylic acids is 3. The van der Waals surface area contributed by atoms with Crippen LogP contribution in [0.2, 0.25) is 0 Å². The number of unbranched alkanes of at least 4 members (excludes halogenated alkanes) is 1. The van der Waals surface area contributed by atoms with Gasteiger partial charge in [-0.1, -0.05) is 49.2 Å². The third-order valence-corrected chi connectivity index (χ3v) is 6.10. The molecule has 0 bridgehead atoms. The van der Waals surface area contributed by atoms with Gasteiger partial charge in [0.1, 0.15) is 23.4 Å². The number of aromatic hydroxyl groups is 1. The van der Waals surface area contributed by atoms with Gasteiger partial charge in [0.05, 0.1) is 6.61 Å². The fourth-order valence-electron chi connectivity index (χ4n) is 4.26. The summed E-state index contributed by atoms with van der Waals surface area (Å²) >= 11 is 0. The van der Waals surface area contributed by atoms with E-state index >= 15 is 0 Å². The lowest BCUT2D eigenvalue weighted by Gasteiger charge is -2.35. The smallest absolute Gasteiger partial charge is 0.408 e. The van der Waals surface area contributed by atoms with Crippen molar-refractivity contribution in [3.63, 3.8) is 0 Å². The molecule has 0 aliphatic carbocycles. The second kappa shape index (κ2) is 14.5. The molecule has 2 rings (SSSR count). The topological polar surface area (TPSA) is 128 Å². The summed E-state index contributed by atoms with van der Waals surface area (Å²) in [7, 11) is 0. The summed E-state index contributed by atoms with van der Waals surface area (Å²) in [5.74, 6) is -0.834. The summed E-state index contributed by atoms with van der Waals surface area (Å²) in [5.41, 5.74) is 2.37. The minimum absolute atomic E-state index is 0.0716. The van der Waals surface area contributed by atoms with E-state index in [2.05, 4.69) is 10.6 Å². The Hall–Kier alpha value is -3.59. The molecular weight excluding hydrogens is 498 g/mol. The number of benzene rings is 2. The third-order valence-electron chi connectivity index (χ3n) is 6.10. The number of ether oxygens (including phenoxy) is 1. The lowest BCUT2D eigenvalue weighted by Crippen LogP contribution is -2.54. The Morgan fingerprint density at radius 2 is 1.72 bits per heavy atom. The van der Waals surface area contributed by atoms with Crippen LogP contribution in [-0.2, 0) is 20.7 Å². The summed E-state index contributed by atoms with van der Waals surface area (Å²) in [4.78, 5) is 41.8. The first-order valence-corrected chi connectivity index (χ1v) is 13.4. The molecular formula is C30H43N3O6. The van der Waals surface area contributed by atoms with E-state index in [1.807, 2.05) is 39.0 Å². The number of nitrogens with one attached hydrogen (secondary N) is 2. The Bertz CT molecular complexity index is 1110. The predicted octanol–water partition coefficient (Wildman–Crippen LogP) is 3.92. The van der Waals surface area contributed by atoms with E-state index in [0.717, 1.165) is 24.0 Å². The van der Waals surface area contributed by atoms with Gasteiger partial charge in [0.2, 0.25) is 11.8 Å². The molecule has 39 heavy (non-hydrogen) atoms. The second-order valence-electron chi connectivity index (χ2n) is 10.7. The summed E-state index contributed by atoms with van der Waals surface area (Å²) < 4.78 is 5.42. The number of alkyl carbamates (subject to hydrolysis) is 1. The lowest BCUT2D eigenvalue weighted by molar-refractivity contribution is -0.143. The lowest BCUT2D eigenvalue weighted by atomic mass is 9.95. The van der Waals surface area contributed by atoms with Crippen LogP contribution in [0.15, 0.2) is 42.5 Å². The SMILES string of the molecule is CCCCNC(=O)C(c1ccc(C)cc1C)N(CCO)C(=O)C(Cc1ccc(O)cc1)NC(=O)OC(C)(C)C. The summed E-state index contributed by atoms with van der Waals surface area (Å²) in [5, 5.41) is 25.2. The van der Waals surface area contributed by atoms with E-state index in [-0.39, 0.29) is 31.2 Å². The zero-order valence-corrected chi connectivity index (χ0v) is 23.9. The van der Waals surface area contributed by atoms with Crippen LogP contribution in [0, 0.1) is 13.8 Å². The molecule has 0 aromatic heterocycles. The van der Waals surface area contributed by atoms with Crippen molar-refractivity contribution in [1.29, 1.82) is 0 Å². The van der Waals surface area contributed by atoms with Crippen LogP contribution in [0.5, 0.6) is 5.75 Å². The number of aryl methyl sites for hydroxylation is 2. The summed E-state index contributed by atoms with van der Waals surface area (Å²) in [6.45, 7) is 10.9. The molecule has 214 valence electrons. The second-order valence-corrected chi connectivity index (χ2v) is 10.7. The first kappa shape index (κ1) is 31.6. The monoisotopic (exact) mass is 541 g/mol. The highest BCUT2D eigenvalue weighted by Gasteiger charge is 2.36. The number of aliphatic hydroxyl groups excluding tert-OH is 1. The molecule has 0 saturated carbocycles. The number of nitrogens with zero attached hydrogens (tertiary/aromatic N) is 1. The molecule has 0 fully saturated rings. The molecule has 0 radical (unpaired) electrons. The quantitative estimate of drug-likeness (QED) is 0.302. The van der Waals surface area contributed by atoms with E-state index in [9.17, 15) is 24.6 Å². The molecule has 2 atom stereocenters. The molecule has 0 aliphatic rings. The Morgan fingerprint density at radius 1 is 1.05 bits per heavy atom. The van der Waals surface area contributed by atoms with Gasteiger partial charge in [-0.25, -0.2) is 4.79 Å². The molecule has 9 heteroatoms. The number of phenols is 1. The number of phenolic OH excluding ortho intramolecular Hbond substituents is 1. The van der Waals surface area contributed by atoms with E-state index in [1.54, 1.807) is 32.9 Å². The number of hydrogen-bond donors (Lipinski definition) is 4. The van der Waals surface area contributed by atoms with Crippen molar-refractivity contribution in [3.8, 4) is 5.75 Å². The molecule has 0 aliphatic heterocycles. The number of amides is 3. The van der Waals surface area contributed by atoms with Crippen LogP contribution in [-0.4, -0.2) is 64.4 Å². The number of aliphatic hydroxyl groups is 1. The molecule has 4 N–H and O–H groups in total. The number of hydrogen-bond acceptors (Lipinski definition) is 6. The minimum atomic E-state index is -1.10. The van der Waals surface area contributed by atoms with Gasteiger partial charge in [-0.05, 0) is 69.9 Å². The minimum Gasteiger partial charge on any atom is -0.508 e. The van der Waals surface area contributed by atoms with Gasteiger partial charge in [0.15, 0.2) is 0 Å². The van der Waals surface area contributed by atoms with Gasteiger partial charge >= 0.3 is 6.09 Å². The first-order chi connectivity index (χ1) is 18.4. The van der Waals surface area contributed by atoms with Crippen LogP contribution >= 0.6 is 0 Å². The zero-order valence-electron chi connectivity index (χ0n) is 23.9. The van der Waals surface area contributed by atoms with Gasteiger partial charge in [0, 0.05) is 19.5 Å². The van der Waals surface area contributed by atoms with Crippen molar-refractivity contribution >= 4 is 17.9 Å². The normalized spacial score (nSPS) is 12.8. The van der Waals surface area contributed by atoms with Gasteiger partial charge in [-0.15, -0.1) is 0 Å². The fourth-order valence-corrected chi connectivity index (χ4v) is 4.26. The summed E-state index contributed by atoms with van der Waals surface area (Å²) in [6, 6.07) is 9.81. The van der Waals surface area contributed by atoms with E-state index in [4.69, 9.17) is 4.74 Å². The van der Waals surface area contributed by atoms with Gasteiger partial charge < -0.3 is 30.5 Å². The predicted molar refractivity (Wildman–Crippen MR) is 150 cm³/mol. The van der Waals surface area contributed by atoms with Crippen LogP contribution < -0.4 is 10.6 Å². The molecule has 0 spiro atoms. The highest BCUT2D eigenvalue weighted by molar-refractivity contribution is 5.92. The molecule has 2 aromatic rings. The van der Waals surface area contributed by atoms with E-state index in [0.29, 0.717) is 17.7 Å². The maximum Gasteiger partial charge on any atom is 0.408 e. The number of carbonyl (C=O) groups is 3. The molecule has 3 amide bonds. The Labute approximate surface area is 231 Å². The summed E-state index contributed by atoms with van der Waals surface area (Å²) in [6.07, 6.45) is 0.974. The average Bonchev–Trinajstić information content (AvgIpc) is 2.84. The van der Waals surface area contributed by atoms with Crippen LogP contribution in [0.1, 0.15) is 68.8 Å². The van der Waals surface area contributed by atoms with Crippen molar-refractivity contribution in [1.82, 2.24) is 15.5 Å². The Kier molecular flexibility index (Phi) is 11.8.